The SMILES string of the molecule is O=C(CCS(=O)(=O)c1ccccc1)N1CCCC(=O)N2CCCCC2CCc2cccc(c2)OCC1. The van der Waals surface area contributed by atoms with E-state index in [0.29, 0.717) is 32.5 Å². The number of sulfone groups is 1. The third-order valence-corrected chi connectivity index (χ3v) is 8.83. The molecule has 0 N–H and O–H groups in total. The van der Waals surface area contributed by atoms with Gasteiger partial charge >= 0.3 is 0 Å². The number of nitrogens with zero attached hydrogens (tertiary/aromatic N) is 2. The van der Waals surface area contributed by atoms with Gasteiger partial charge in [0, 0.05) is 32.0 Å². The summed E-state index contributed by atoms with van der Waals surface area (Å²) >= 11 is 0. The van der Waals surface area contributed by atoms with Crippen molar-refractivity contribution in [3.05, 3.63) is 60.2 Å². The molecule has 0 aliphatic carbocycles. The lowest BCUT2D eigenvalue weighted by atomic mass is 9.95. The van der Waals surface area contributed by atoms with Crippen LogP contribution in [-0.4, -0.2) is 68.1 Å². The Labute approximate surface area is 214 Å². The molecule has 2 amide bonds. The van der Waals surface area contributed by atoms with Crippen molar-refractivity contribution in [2.45, 2.75) is 62.3 Å². The van der Waals surface area contributed by atoms with Crippen molar-refractivity contribution in [3.63, 3.8) is 0 Å². The van der Waals surface area contributed by atoms with Crippen LogP contribution in [0.1, 0.15) is 50.5 Å². The number of hydrogen-bond acceptors (Lipinski definition) is 5. The van der Waals surface area contributed by atoms with E-state index in [2.05, 4.69) is 6.07 Å². The number of aryl methyl sites for hydroxylation is 1. The number of amides is 2. The Bertz CT molecular complexity index is 1140. The fraction of sp³-hybridized carbons (Fsp3) is 0.500. The van der Waals surface area contributed by atoms with Crippen molar-refractivity contribution in [3.8, 4) is 5.75 Å². The van der Waals surface area contributed by atoms with Crippen molar-refractivity contribution in [2.24, 2.45) is 0 Å². The van der Waals surface area contributed by atoms with E-state index in [-0.39, 0.29) is 34.9 Å². The van der Waals surface area contributed by atoms with Crippen molar-refractivity contribution in [1.82, 2.24) is 9.80 Å². The second kappa shape index (κ2) is 12.4. The highest BCUT2D eigenvalue weighted by Crippen LogP contribution is 2.24. The number of benzene rings is 2. The maximum Gasteiger partial charge on any atom is 0.223 e. The summed E-state index contributed by atoms with van der Waals surface area (Å²) in [4.78, 5) is 30.0. The molecule has 2 aromatic rings. The number of carbonyl (C=O) groups excluding carboxylic acids is 2. The average molecular weight is 513 g/mol. The molecule has 2 aliphatic heterocycles. The van der Waals surface area contributed by atoms with E-state index in [1.165, 1.54) is 5.56 Å². The Balaban J connectivity index is 1.44. The molecule has 2 heterocycles. The highest BCUT2D eigenvalue weighted by molar-refractivity contribution is 7.91. The molecule has 4 rings (SSSR count). The number of fused-ring (bicyclic) bond motifs is 3. The average Bonchev–Trinajstić information content (AvgIpc) is 2.90. The normalized spacial score (nSPS) is 20.0. The first-order valence-corrected chi connectivity index (χ1v) is 14.6. The third-order valence-electron chi connectivity index (χ3n) is 7.10. The Morgan fingerprint density at radius 1 is 0.917 bits per heavy atom. The van der Waals surface area contributed by atoms with E-state index in [1.54, 1.807) is 35.2 Å². The molecule has 8 heteroatoms. The molecule has 7 nitrogen and oxygen atoms in total. The van der Waals surface area contributed by atoms with Gasteiger partial charge in [-0.05, 0) is 68.4 Å². The molecule has 0 spiro atoms. The zero-order chi connectivity index (χ0) is 25.4. The Morgan fingerprint density at radius 2 is 1.75 bits per heavy atom. The van der Waals surface area contributed by atoms with Gasteiger partial charge in [0.25, 0.3) is 0 Å². The summed E-state index contributed by atoms with van der Waals surface area (Å²) in [5.41, 5.74) is 1.18. The maximum atomic E-state index is 13.1. The van der Waals surface area contributed by atoms with Crippen LogP contribution >= 0.6 is 0 Å². The quantitative estimate of drug-likeness (QED) is 0.621. The molecule has 2 bridgehead atoms. The van der Waals surface area contributed by atoms with Crippen LogP contribution in [0.4, 0.5) is 0 Å². The number of carbonyl (C=O) groups is 2. The van der Waals surface area contributed by atoms with Gasteiger partial charge in [-0.25, -0.2) is 8.42 Å². The lowest BCUT2D eigenvalue weighted by Crippen LogP contribution is -2.44. The molecule has 2 aliphatic rings. The zero-order valence-corrected chi connectivity index (χ0v) is 21.6. The van der Waals surface area contributed by atoms with Gasteiger partial charge in [-0.1, -0.05) is 30.3 Å². The van der Waals surface area contributed by atoms with Crippen molar-refractivity contribution in [2.75, 3.05) is 32.0 Å². The molecular formula is C28H36N2O5S. The highest BCUT2D eigenvalue weighted by atomic mass is 32.2. The number of rotatable bonds is 4. The Kier molecular flexibility index (Phi) is 9.02. The summed E-state index contributed by atoms with van der Waals surface area (Å²) in [7, 11) is -3.54. The van der Waals surface area contributed by atoms with Crippen LogP contribution in [0.2, 0.25) is 0 Å². The van der Waals surface area contributed by atoms with E-state index in [9.17, 15) is 18.0 Å². The second-order valence-electron chi connectivity index (χ2n) is 9.64. The van der Waals surface area contributed by atoms with Crippen molar-refractivity contribution < 1.29 is 22.7 Å². The predicted molar refractivity (Wildman–Crippen MR) is 139 cm³/mol. The van der Waals surface area contributed by atoms with E-state index in [0.717, 1.165) is 44.4 Å². The summed E-state index contributed by atoms with van der Waals surface area (Å²) in [5.74, 6) is 0.431. The van der Waals surface area contributed by atoms with Gasteiger partial charge in [0.1, 0.15) is 12.4 Å². The summed E-state index contributed by atoms with van der Waals surface area (Å²) in [6.45, 7) is 1.85. The van der Waals surface area contributed by atoms with Crippen LogP contribution in [0.3, 0.4) is 0 Å². The van der Waals surface area contributed by atoms with E-state index in [4.69, 9.17) is 4.74 Å². The van der Waals surface area contributed by atoms with E-state index >= 15 is 0 Å². The molecule has 0 saturated carbocycles. The van der Waals surface area contributed by atoms with Crippen LogP contribution in [0.25, 0.3) is 0 Å². The van der Waals surface area contributed by atoms with Crippen LogP contribution in [0, 0.1) is 0 Å². The fourth-order valence-corrected chi connectivity index (χ4v) is 6.33. The van der Waals surface area contributed by atoms with Gasteiger partial charge in [-0.15, -0.1) is 0 Å². The second-order valence-corrected chi connectivity index (χ2v) is 11.7. The van der Waals surface area contributed by atoms with E-state index < -0.39 is 9.84 Å². The summed E-state index contributed by atoms with van der Waals surface area (Å²) in [6.07, 6.45) is 5.88. The van der Waals surface area contributed by atoms with Gasteiger partial charge in [0.15, 0.2) is 9.84 Å². The molecule has 194 valence electrons. The largest absolute Gasteiger partial charge is 0.492 e. The van der Waals surface area contributed by atoms with Gasteiger partial charge in [0.05, 0.1) is 17.2 Å². The third kappa shape index (κ3) is 7.09. The van der Waals surface area contributed by atoms with Gasteiger partial charge in [-0.2, -0.15) is 0 Å². The Hall–Kier alpha value is -2.87. The molecule has 0 radical (unpaired) electrons. The topological polar surface area (TPSA) is 84.0 Å². The molecule has 2 aromatic carbocycles. The zero-order valence-electron chi connectivity index (χ0n) is 20.8. The molecule has 1 atom stereocenters. The number of hydrogen-bond donors (Lipinski definition) is 0. The maximum absolute atomic E-state index is 13.1. The summed E-state index contributed by atoms with van der Waals surface area (Å²) in [6, 6.07) is 16.5. The van der Waals surface area contributed by atoms with Crippen LogP contribution in [-0.2, 0) is 25.8 Å². The summed E-state index contributed by atoms with van der Waals surface area (Å²) in [5, 5.41) is 0. The summed E-state index contributed by atoms with van der Waals surface area (Å²) < 4.78 is 31.3. The predicted octanol–water partition coefficient (Wildman–Crippen LogP) is 3.87. The van der Waals surface area contributed by atoms with Crippen LogP contribution in [0.15, 0.2) is 59.5 Å². The van der Waals surface area contributed by atoms with Crippen molar-refractivity contribution in [1.29, 1.82) is 0 Å². The minimum atomic E-state index is -3.54. The first-order valence-electron chi connectivity index (χ1n) is 13.0. The van der Waals surface area contributed by atoms with E-state index in [1.807, 2.05) is 23.1 Å². The minimum absolute atomic E-state index is 0.102. The highest BCUT2D eigenvalue weighted by Gasteiger charge is 2.27. The number of piperidine rings is 1. The van der Waals surface area contributed by atoms with Crippen LogP contribution in [0.5, 0.6) is 5.75 Å². The first-order chi connectivity index (χ1) is 17.4. The van der Waals surface area contributed by atoms with Gasteiger partial charge in [-0.3, -0.25) is 9.59 Å². The van der Waals surface area contributed by atoms with Crippen LogP contribution < -0.4 is 4.74 Å². The first kappa shape index (κ1) is 26.2. The molecular weight excluding hydrogens is 476 g/mol. The van der Waals surface area contributed by atoms with Gasteiger partial charge in [0.2, 0.25) is 11.8 Å². The number of ether oxygens (including phenoxy) is 1. The fourth-order valence-electron chi connectivity index (χ4n) is 5.08. The molecule has 1 saturated heterocycles. The smallest absolute Gasteiger partial charge is 0.223 e. The minimum Gasteiger partial charge on any atom is -0.492 e. The van der Waals surface area contributed by atoms with Gasteiger partial charge < -0.3 is 14.5 Å². The Morgan fingerprint density at radius 3 is 2.58 bits per heavy atom. The molecule has 0 aromatic heterocycles. The molecule has 36 heavy (non-hydrogen) atoms. The standard InChI is InChI=1S/C28H36N2O5S/c31-27(16-21-36(33,34)26-11-2-1-3-12-26)29-17-7-13-28(32)30-18-5-4-9-24(30)15-14-23-8-6-10-25(22-23)35-20-19-29/h1-3,6,8,10-12,22,24H,4-5,7,9,13-21H2. The van der Waals surface area contributed by atoms with Crippen molar-refractivity contribution >= 4 is 21.7 Å². The molecule has 1 unspecified atom stereocenters. The molecule has 1 fully saturated rings. The lowest BCUT2D eigenvalue weighted by Gasteiger charge is -2.36. The lowest BCUT2D eigenvalue weighted by molar-refractivity contribution is -0.136. The monoisotopic (exact) mass is 512 g/mol.